The topological polar surface area (TPSA) is 125 Å². The van der Waals surface area contributed by atoms with Gasteiger partial charge < -0.3 is 24.3 Å². The van der Waals surface area contributed by atoms with Crippen LogP contribution in [-0.4, -0.2) is 47.7 Å². The molecule has 0 bridgehead atoms. The monoisotopic (exact) mass is 449 g/mol. The predicted molar refractivity (Wildman–Crippen MR) is 117 cm³/mol. The number of methoxy groups -OCH3 is 4. The fourth-order valence-electron chi connectivity index (χ4n) is 2.46. The standard InChI is InChI=1S/C20H23N3O7S/c1-6-19(24)22-20-15(28-3)7-8-18(21-20)23-31(25,26)10-9-14-16(29-4)11-13(27-2)12-17(14)30-5/h6-12H,1H2,2-5H3,(H2,21,22,23,24)/b10-9+. The molecule has 0 unspecified atom stereocenters. The van der Waals surface area contributed by atoms with Crippen molar-refractivity contribution in [3.8, 4) is 23.0 Å². The SMILES string of the molecule is C=CC(=O)Nc1nc(NS(=O)(=O)/C=C/c2c(OC)cc(OC)cc2OC)ccc1OC. The predicted octanol–water partition coefficient (Wildman–Crippen LogP) is 2.65. The summed E-state index contributed by atoms with van der Waals surface area (Å²) in [5.74, 6) is 0.946. The highest BCUT2D eigenvalue weighted by atomic mass is 32.2. The Labute approximate surface area is 180 Å². The van der Waals surface area contributed by atoms with Crippen LogP contribution in [0.4, 0.5) is 11.6 Å². The summed E-state index contributed by atoms with van der Waals surface area (Å²) in [5, 5.41) is 3.38. The van der Waals surface area contributed by atoms with Gasteiger partial charge in [-0.05, 0) is 24.3 Å². The van der Waals surface area contributed by atoms with Crippen molar-refractivity contribution >= 4 is 33.6 Å². The molecular weight excluding hydrogens is 426 g/mol. The molecule has 2 N–H and O–H groups in total. The van der Waals surface area contributed by atoms with E-state index in [1.165, 1.54) is 46.6 Å². The van der Waals surface area contributed by atoms with Gasteiger partial charge in [-0.15, -0.1) is 0 Å². The van der Waals surface area contributed by atoms with Crippen LogP contribution in [0.5, 0.6) is 23.0 Å². The molecule has 1 amide bonds. The first-order valence-corrected chi connectivity index (χ1v) is 10.3. The van der Waals surface area contributed by atoms with E-state index in [2.05, 4.69) is 21.6 Å². The van der Waals surface area contributed by atoms with E-state index >= 15 is 0 Å². The van der Waals surface area contributed by atoms with Crippen LogP contribution < -0.4 is 29.0 Å². The van der Waals surface area contributed by atoms with E-state index in [1.54, 1.807) is 12.1 Å². The molecule has 2 rings (SSSR count). The smallest absolute Gasteiger partial charge is 0.256 e. The maximum atomic E-state index is 12.6. The Hall–Kier alpha value is -3.73. The van der Waals surface area contributed by atoms with Gasteiger partial charge in [-0.2, -0.15) is 0 Å². The van der Waals surface area contributed by atoms with Crippen LogP contribution in [0.2, 0.25) is 0 Å². The maximum Gasteiger partial charge on any atom is 0.256 e. The van der Waals surface area contributed by atoms with Crippen molar-refractivity contribution in [2.75, 3.05) is 38.5 Å². The zero-order valence-corrected chi connectivity index (χ0v) is 18.3. The van der Waals surface area contributed by atoms with Gasteiger partial charge in [0.1, 0.15) is 23.1 Å². The number of nitrogens with zero attached hydrogens (tertiary/aromatic N) is 1. The molecule has 0 aliphatic rings. The summed E-state index contributed by atoms with van der Waals surface area (Å²) in [7, 11) is 1.79. The molecule has 0 fully saturated rings. The first-order chi connectivity index (χ1) is 14.8. The molecule has 10 nitrogen and oxygen atoms in total. The molecule has 166 valence electrons. The molecule has 0 aliphatic carbocycles. The molecule has 1 aromatic heterocycles. The number of carbonyl (C=O) groups is 1. The zero-order chi connectivity index (χ0) is 23.0. The van der Waals surface area contributed by atoms with E-state index in [0.717, 1.165) is 11.5 Å². The van der Waals surface area contributed by atoms with E-state index in [0.29, 0.717) is 22.8 Å². The molecule has 11 heteroatoms. The number of hydrogen-bond acceptors (Lipinski definition) is 8. The molecule has 31 heavy (non-hydrogen) atoms. The second-order valence-corrected chi connectivity index (χ2v) is 7.40. The fourth-order valence-corrected chi connectivity index (χ4v) is 3.25. The van der Waals surface area contributed by atoms with Crippen LogP contribution in [0.25, 0.3) is 6.08 Å². The lowest BCUT2D eigenvalue weighted by Gasteiger charge is -2.13. The van der Waals surface area contributed by atoms with Gasteiger partial charge in [-0.1, -0.05) is 6.58 Å². The summed E-state index contributed by atoms with van der Waals surface area (Å²) in [6.45, 7) is 3.36. The van der Waals surface area contributed by atoms with Gasteiger partial charge in [-0.25, -0.2) is 13.4 Å². The van der Waals surface area contributed by atoms with Gasteiger partial charge >= 0.3 is 0 Å². The number of ether oxygens (including phenoxy) is 4. The van der Waals surface area contributed by atoms with Crippen LogP contribution >= 0.6 is 0 Å². The minimum atomic E-state index is -3.98. The van der Waals surface area contributed by atoms with Crippen molar-refractivity contribution in [1.29, 1.82) is 0 Å². The van der Waals surface area contributed by atoms with Crippen LogP contribution in [-0.2, 0) is 14.8 Å². The van der Waals surface area contributed by atoms with E-state index < -0.39 is 15.9 Å². The molecule has 0 saturated carbocycles. The summed E-state index contributed by atoms with van der Waals surface area (Å²) in [4.78, 5) is 15.6. The van der Waals surface area contributed by atoms with Crippen molar-refractivity contribution < 1.29 is 32.2 Å². The third-order valence-corrected chi connectivity index (χ3v) is 4.91. The highest BCUT2D eigenvalue weighted by molar-refractivity contribution is 7.95. The maximum absolute atomic E-state index is 12.6. The summed E-state index contributed by atoms with van der Waals surface area (Å²) in [5.41, 5.74) is 0.401. The Bertz CT molecular complexity index is 1070. The minimum absolute atomic E-state index is 0.0292. The highest BCUT2D eigenvalue weighted by Gasteiger charge is 2.15. The number of nitrogens with one attached hydrogen (secondary N) is 2. The molecular formula is C20H23N3O7S. The van der Waals surface area contributed by atoms with Crippen molar-refractivity contribution in [3.05, 3.63) is 47.9 Å². The van der Waals surface area contributed by atoms with E-state index in [1.807, 2.05) is 0 Å². The molecule has 0 spiro atoms. The molecule has 1 heterocycles. The Balaban J connectivity index is 2.34. The second-order valence-electron chi connectivity index (χ2n) is 5.84. The highest BCUT2D eigenvalue weighted by Crippen LogP contribution is 2.35. The zero-order valence-electron chi connectivity index (χ0n) is 17.5. The molecule has 0 saturated heterocycles. The third-order valence-electron chi connectivity index (χ3n) is 3.92. The van der Waals surface area contributed by atoms with Crippen molar-refractivity contribution in [2.45, 2.75) is 0 Å². The first-order valence-electron chi connectivity index (χ1n) is 8.76. The quantitative estimate of drug-likeness (QED) is 0.531. The first kappa shape index (κ1) is 23.5. The number of carbonyl (C=O) groups excluding carboxylic acids is 1. The molecule has 0 aliphatic heterocycles. The van der Waals surface area contributed by atoms with Gasteiger partial charge in [0.2, 0.25) is 5.91 Å². The lowest BCUT2D eigenvalue weighted by atomic mass is 10.1. The minimum Gasteiger partial charge on any atom is -0.496 e. The number of hydrogen-bond donors (Lipinski definition) is 2. The average Bonchev–Trinajstić information content (AvgIpc) is 2.76. The second kappa shape index (κ2) is 10.3. The summed E-state index contributed by atoms with van der Waals surface area (Å²) in [6, 6.07) is 6.05. The number of anilines is 2. The Morgan fingerprint density at radius 1 is 1.00 bits per heavy atom. The van der Waals surface area contributed by atoms with Crippen LogP contribution in [0.1, 0.15) is 5.56 Å². The summed E-state index contributed by atoms with van der Waals surface area (Å²) < 4.78 is 48.3. The molecule has 0 atom stereocenters. The Kier molecular flexibility index (Phi) is 7.86. The number of rotatable bonds is 10. The van der Waals surface area contributed by atoms with Crippen molar-refractivity contribution in [2.24, 2.45) is 0 Å². The van der Waals surface area contributed by atoms with Gasteiger partial charge in [-0.3, -0.25) is 9.52 Å². The summed E-state index contributed by atoms with van der Waals surface area (Å²) >= 11 is 0. The van der Waals surface area contributed by atoms with Gasteiger partial charge in [0.05, 0.1) is 39.4 Å². The summed E-state index contributed by atoms with van der Waals surface area (Å²) in [6.07, 6.45) is 2.37. The molecule has 2 aromatic rings. The Morgan fingerprint density at radius 3 is 2.13 bits per heavy atom. The largest absolute Gasteiger partial charge is 0.496 e. The van der Waals surface area contributed by atoms with Crippen LogP contribution in [0.15, 0.2) is 42.3 Å². The van der Waals surface area contributed by atoms with E-state index in [9.17, 15) is 13.2 Å². The van der Waals surface area contributed by atoms with E-state index in [4.69, 9.17) is 18.9 Å². The van der Waals surface area contributed by atoms with E-state index in [-0.39, 0.29) is 17.4 Å². The van der Waals surface area contributed by atoms with Gasteiger partial charge in [0.25, 0.3) is 10.0 Å². The normalized spacial score (nSPS) is 11.0. The van der Waals surface area contributed by atoms with Crippen molar-refractivity contribution in [1.82, 2.24) is 4.98 Å². The third kappa shape index (κ3) is 6.12. The Morgan fingerprint density at radius 2 is 1.61 bits per heavy atom. The molecule has 0 radical (unpaired) electrons. The van der Waals surface area contributed by atoms with Crippen LogP contribution in [0, 0.1) is 0 Å². The number of sulfonamides is 1. The van der Waals surface area contributed by atoms with Crippen LogP contribution in [0.3, 0.4) is 0 Å². The van der Waals surface area contributed by atoms with Gasteiger partial charge in [0.15, 0.2) is 11.6 Å². The number of amides is 1. The lowest BCUT2D eigenvalue weighted by Crippen LogP contribution is -2.14. The molecule has 1 aromatic carbocycles. The number of benzene rings is 1. The van der Waals surface area contributed by atoms with Gasteiger partial charge in [0, 0.05) is 12.1 Å². The number of aromatic nitrogens is 1. The lowest BCUT2D eigenvalue weighted by molar-refractivity contribution is -0.111. The average molecular weight is 449 g/mol. The fraction of sp³-hybridized carbons (Fsp3) is 0.200. The van der Waals surface area contributed by atoms with Crippen molar-refractivity contribution in [3.63, 3.8) is 0 Å². The number of pyridine rings is 1.